The van der Waals surface area contributed by atoms with E-state index in [9.17, 15) is 5.11 Å². The maximum atomic E-state index is 10.3. The minimum Gasteiger partial charge on any atom is -0.488 e. The molecule has 5 heteroatoms. The van der Waals surface area contributed by atoms with Gasteiger partial charge in [0.25, 0.3) is 0 Å². The highest BCUT2D eigenvalue weighted by molar-refractivity contribution is 7.99. The molecule has 2 rings (SSSR count). The van der Waals surface area contributed by atoms with Gasteiger partial charge in [0.05, 0.1) is 5.60 Å². The molecule has 0 saturated carbocycles. The molecule has 3 nitrogen and oxygen atoms in total. The molecule has 21 heavy (non-hydrogen) atoms. The van der Waals surface area contributed by atoms with Gasteiger partial charge in [0.2, 0.25) is 0 Å². The maximum absolute atomic E-state index is 10.3. The number of rotatable bonds is 7. The first-order chi connectivity index (χ1) is 9.98. The third kappa shape index (κ3) is 5.22. The summed E-state index contributed by atoms with van der Waals surface area (Å²) in [6.07, 6.45) is 0.868. The van der Waals surface area contributed by atoms with E-state index in [1.807, 2.05) is 36.0 Å². The molecule has 1 heterocycles. The van der Waals surface area contributed by atoms with Gasteiger partial charge < -0.3 is 15.2 Å². The van der Waals surface area contributed by atoms with Crippen molar-refractivity contribution in [2.24, 2.45) is 0 Å². The van der Waals surface area contributed by atoms with Gasteiger partial charge in [0.1, 0.15) is 12.4 Å². The van der Waals surface area contributed by atoms with Crippen LogP contribution in [0.15, 0.2) is 35.9 Å². The van der Waals surface area contributed by atoms with Crippen LogP contribution < -0.4 is 10.1 Å². The highest BCUT2D eigenvalue weighted by Crippen LogP contribution is 2.28. The Bertz CT molecular complexity index is 472. The maximum Gasteiger partial charge on any atom is 0.123 e. The fourth-order valence-corrected chi connectivity index (χ4v) is 3.56. The van der Waals surface area contributed by atoms with Gasteiger partial charge in [0, 0.05) is 23.4 Å². The van der Waals surface area contributed by atoms with Gasteiger partial charge in [-0.2, -0.15) is 11.8 Å². The standard InChI is InChI=1S/C16H22ClNO2S/c1-12(17)9-20-15-5-3-14(4-6-15)13(2)18-10-16(19)7-8-21-11-16/h3-6,13,18-19H,1,7-11H2,2H3. The Morgan fingerprint density at radius 2 is 2.24 bits per heavy atom. The topological polar surface area (TPSA) is 41.5 Å². The van der Waals surface area contributed by atoms with E-state index in [-0.39, 0.29) is 6.04 Å². The van der Waals surface area contributed by atoms with Crippen LogP contribution in [0.1, 0.15) is 24.9 Å². The summed E-state index contributed by atoms with van der Waals surface area (Å²) >= 11 is 7.48. The van der Waals surface area contributed by atoms with Gasteiger partial charge in [-0.1, -0.05) is 30.3 Å². The monoisotopic (exact) mass is 327 g/mol. The lowest BCUT2D eigenvalue weighted by atomic mass is 10.0. The first kappa shape index (κ1) is 16.7. The zero-order chi connectivity index (χ0) is 15.3. The first-order valence-corrected chi connectivity index (χ1v) is 8.61. The molecule has 1 aliphatic rings. The summed E-state index contributed by atoms with van der Waals surface area (Å²) in [6.45, 7) is 6.64. The van der Waals surface area contributed by atoms with Crippen molar-refractivity contribution in [3.63, 3.8) is 0 Å². The number of ether oxygens (including phenoxy) is 1. The quantitative estimate of drug-likeness (QED) is 0.806. The second-order valence-corrected chi connectivity index (χ2v) is 7.14. The molecule has 2 N–H and O–H groups in total. The molecule has 1 aromatic rings. The zero-order valence-corrected chi connectivity index (χ0v) is 13.8. The molecule has 1 fully saturated rings. The number of benzene rings is 1. The third-order valence-corrected chi connectivity index (χ3v) is 4.94. The molecule has 0 spiro atoms. The highest BCUT2D eigenvalue weighted by atomic mass is 35.5. The van der Waals surface area contributed by atoms with Crippen LogP contribution in [-0.4, -0.2) is 35.4 Å². The van der Waals surface area contributed by atoms with Crippen LogP contribution in [0.25, 0.3) is 0 Å². The van der Waals surface area contributed by atoms with Gasteiger partial charge in [0.15, 0.2) is 0 Å². The Hall–Kier alpha value is -0.680. The van der Waals surface area contributed by atoms with Crippen LogP contribution in [-0.2, 0) is 0 Å². The number of halogens is 1. The molecule has 0 radical (unpaired) electrons. The van der Waals surface area contributed by atoms with Crippen molar-refractivity contribution < 1.29 is 9.84 Å². The number of thioether (sulfide) groups is 1. The molecule has 0 aromatic heterocycles. The third-order valence-electron chi connectivity index (χ3n) is 3.60. The van der Waals surface area contributed by atoms with Crippen molar-refractivity contribution in [1.82, 2.24) is 5.32 Å². The van der Waals surface area contributed by atoms with E-state index in [1.165, 1.54) is 5.56 Å². The van der Waals surface area contributed by atoms with Crippen molar-refractivity contribution in [3.05, 3.63) is 41.4 Å². The molecule has 116 valence electrons. The summed E-state index contributed by atoms with van der Waals surface area (Å²) in [5.74, 6) is 2.64. The Morgan fingerprint density at radius 1 is 1.52 bits per heavy atom. The van der Waals surface area contributed by atoms with E-state index in [4.69, 9.17) is 16.3 Å². The van der Waals surface area contributed by atoms with Gasteiger partial charge in [-0.15, -0.1) is 0 Å². The average Bonchev–Trinajstić information content (AvgIpc) is 2.90. The molecule has 1 saturated heterocycles. The Morgan fingerprint density at radius 3 is 2.81 bits per heavy atom. The Balaban J connectivity index is 1.84. The fourth-order valence-electron chi connectivity index (χ4n) is 2.21. The summed E-state index contributed by atoms with van der Waals surface area (Å²) in [6, 6.07) is 8.09. The van der Waals surface area contributed by atoms with Gasteiger partial charge in [-0.25, -0.2) is 0 Å². The number of hydrogen-bond donors (Lipinski definition) is 2. The molecule has 2 unspecified atom stereocenters. The second-order valence-electron chi connectivity index (χ2n) is 5.50. The second kappa shape index (κ2) is 7.54. The Labute approximate surface area is 135 Å². The lowest BCUT2D eigenvalue weighted by Crippen LogP contribution is -2.41. The fraction of sp³-hybridized carbons (Fsp3) is 0.500. The van der Waals surface area contributed by atoms with Crippen molar-refractivity contribution in [3.8, 4) is 5.75 Å². The smallest absolute Gasteiger partial charge is 0.123 e. The number of nitrogens with one attached hydrogen (secondary N) is 1. The Kier molecular flexibility index (Phi) is 5.99. The predicted molar refractivity (Wildman–Crippen MR) is 90.2 cm³/mol. The van der Waals surface area contributed by atoms with Gasteiger partial charge in [-0.3, -0.25) is 0 Å². The number of hydrogen-bond acceptors (Lipinski definition) is 4. The average molecular weight is 328 g/mol. The molecule has 1 aromatic carbocycles. The summed E-state index contributed by atoms with van der Waals surface area (Å²) < 4.78 is 5.46. The van der Waals surface area contributed by atoms with Gasteiger partial charge in [-0.05, 0) is 36.8 Å². The van der Waals surface area contributed by atoms with E-state index in [0.29, 0.717) is 18.2 Å². The molecular weight excluding hydrogens is 306 g/mol. The molecule has 0 aliphatic carbocycles. The summed E-state index contributed by atoms with van der Waals surface area (Å²) in [5, 5.41) is 14.2. The molecule has 1 aliphatic heterocycles. The van der Waals surface area contributed by atoms with Crippen LogP contribution in [0, 0.1) is 0 Å². The molecular formula is C16H22ClNO2S. The number of aliphatic hydroxyl groups is 1. The molecule has 0 bridgehead atoms. The minimum absolute atomic E-state index is 0.191. The van der Waals surface area contributed by atoms with Crippen molar-refractivity contribution >= 4 is 23.4 Å². The van der Waals surface area contributed by atoms with Crippen LogP contribution in [0.3, 0.4) is 0 Å². The van der Waals surface area contributed by atoms with Crippen molar-refractivity contribution in [1.29, 1.82) is 0 Å². The SMILES string of the molecule is C=C(Cl)COc1ccc(C(C)NCC2(O)CCSC2)cc1. The van der Waals surface area contributed by atoms with Crippen LogP contribution >= 0.6 is 23.4 Å². The van der Waals surface area contributed by atoms with E-state index in [2.05, 4.69) is 18.8 Å². The van der Waals surface area contributed by atoms with Crippen LogP contribution in [0.2, 0.25) is 0 Å². The minimum atomic E-state index is -0.553. The summed E-state index contributed by atoms with van der Waals surface area (Å²) in [4.78, 5) is 0. The summed E-state index contributed by atoms with van der Waals surface area (Å²) in [7, 11) is 0. The molecule has 2 atom stereocenters. The van der Waals surface area contributed by atoms with E-state index in [1.54, 1.807) is 0 Å². The van der Waals surface area contributed by atoms with E-state index in [0.717, 1.165) is 23.7 Å². The van der Waals surface area contributed by atoms with Crippen LogP contribution in [0.5, 0.6) is 5.75 Å². The van der Waals surface area contributed by atoms with Gasteiger partial charge >= 0.3 is 0 Å². The first-order valence-electron chi connectivity index (χ1n) is 7.08. The predicted octanol–water partition coefficient (Wildman–Crippen LogP) is 3.34. The van der Waals surface area contributed by atoms with Crippen LogP contribution in [0.4, 0.5) is 0 Å². The summed E-state index contributed by atoms with van der Waals surface area (Å²) in [5.41, 5.74) is 0.615. The lowest BCUT2D eigenvalue weighted by molar-refractivity contribution is 0.0651. The zero-order valence-electron chi connectivity index (χ0n) is 12.3. The highest BCUT2D eigenvalue weighted by Gasteiger charge is 2.31. The van der Waals surface area contributed by atoms with E-state index < -0.39 is 5.60 Å². The van der Waals surface area contributed by atoms with Crippen molar-refractivity contribution in [2.75, 3.05) is 24.7 Å². The van der Waals surface area contributed by atoms with E-state index >= 15 is 0 Å². The largest absolute Gasteiger partial charge is 0.488 e. The lowest BCUT2D eigenvalue weighted by Gasteiger charge is -2.24. The van der Waals surface area contributed by atoms with Crippen molar-refractivity contribution in [2.45, 2.75) is 25.0 Å². The molecule has 0 amide bonds. The normalized spacial score (nSPS) is 23.0.